The van der Waals surface area contributed by atoms with E-state index in [0.717, 1.165) is 28.0 Å². The fourth-order valence-electron chi connectivity index (χ4n) is 3.62. The van der Waals surface area contributed by atoms with Crippen molar-refractivity contribution in [1.82, 2.24) is 14.6 Å². The molecule has 2 heterocycles. The van der Waals surface area contributed by atoms with Gasteiger partial charge in [-0.3, -0.25) is 9.59 Å². The minimum Gasteiger partial charge on any atom is -0.493 e. The molecule has 0 atom stereocenters. The van der Waals surface area contributed by atoms with E-state index in [9.17, 15) is 9.59 Å². The number of rotatable bonds is 7. The highest BCUT2D eigenvalue weighted by Crippen LogP contribution is 2.29. The molecule has 7 nitrogen and oxygen atoms in total. The first-order chi connectivity index (χ1) is 17.1. The van der Waals surface area contributed by atoms with Gasteiger partial charge in [0, 0.05) is 6.42 Å². The van der Waals surface area contributed by atoms with E-state index >= 15 is 0 Å². The molecule has 174 valence electrons. The van der Waals surface area contributed by atoms with E-state index in [1.165, 1.54) is 4.52 Å². The Bertz CT molecular complexity index is 1650. The minimum atomic E-state index is -0.428. The molecular weight excluding hydrogens is 462 g/mol. The molecule has 0 fully saturated rings. The Morgan fingerprint density at radius 1 is 0.914 bits per heavy atom. The fraction of sp³-hybridized carbons (Fsp3) is 0.111. The Hall–Kier alpha value is -4.30. The number of ether oxygens (including phenoxy) is 2. The first-order valence-corrected chi connectivity index (χ1v) is 11.8. The molecule has 0 aliphatic heterocycles. The Labute approximate surface area is 204 Å². The van der Waals surface area contributed by atoms with Crippen LogP contribution in [0.2, 0.25) is 0 Å². The van der Waals surface area contributed by atoms with Gasteiger partial charge in [0.25, 0.3) is 11.1 Å². The van der Waals surface area contributed by atoms with Crippen molar-refractivity contribution >= 4 is 22.4 Å². The standard InChI is InChI=1S/C27H21N3O4S/c1-33-23-15-20(12-13-22(23)34-17-19-10-6-3-7-11-19)16-24-26(32)30-27(35-24)28-25(31)21(29-30)14-18-8-4-2-5-9-18/h2-13,15-16H,14,17H2,1H3/b24-16-. The lowest BCUT2D eigenvalue weighted by molar-refractivity contribution is 0.284. The van der Waals surface area contributed by atoms with E-state index < -0.39 is 5.56 Å². The lowest BCUT2D eigenvalue weighted by Gasteiger charge is -2.11. The van der Waals surface area contributed by atoms with E-state index in [2.05, 4.69) is 10.1 Å². The number of thiazole rings is 1. The number of nitrogens with zero attached hydrogens (tertiary/aromatic N) is 3. The van der Waals surface area contributed by atoms with Crippen molar-refractivity contribution < 1.29 is 9.47 Å². The van der Waals surface area contributed by atoms with Crippen LogP contribution in [0.15, 0.2) is 88.5 Å². The summed E-state index contributed by atoms with van der Waals surface area (Å²) in [5.41, 5.74) is 2.21. The van der Waals surface area contributed by atoms with Crippen LogP contribution in [0.1, 0.15) is 22.4 Å². The van der Waals surface area contributed by atoms with Gasteiger partial charge in [0.1, 0.15) is 12.3 Å². The molecule has 35 heavy (non-hydrogen) atoms. The Morgan fingerprint density at radius 3 is 2.34 bits per heavy atom. The second-order valence-electron chi connectivity index (χ2n) is 7.82. The molecule has 0 spiro atoms. The van der Waals surface area contributed by atoms with E-state index in [4.69, 9.17) is 9.47 Å². The van der Waals surface area contributed by atoms with E-state index in [0.29, 0.717) is 29.1 Å². The summed E-state index contributed by atoms with van der Waals surface area (Å²) in [4.78, 5) is 29.8. The van der Waals surface area contributed by atoms with Crippen LogP contribution in [-0.4, -0.2) is 21.7 Å². The summed E-state index contributed by atoms with van der Waals surface area (Å²) >= 11 is 1.12. The maximum atomic E-state index is 13.0. The Kier molecular flexibility index (Phi) is 6.36. The Balaban J connectivity index is 1.45. The molecule has 0 bridgehead atoms. The van der Waals surface area contributed by atoms with Gasteiger partial charge in [-0.1, -0.05) is 78.1 Å². The molecule has 8 heteroatoms. The summed E-state index contributed by atoms with van der Waals surface area (Å²) < 4.78 is 13.0. The second kappa shape index (κ2) is 9.90. The highest BCUT2D eigenvalue weighted by atomic mass is 32.1. The average Bonchev–Trinajstić information content (AvgIpc) is 3.18. The zero-order valence-electron chi connectivity index (χ0n) is 18.9. The molecule has 0 unspecified atom stereocenters. The molecule has 0 N–H and O–H groups in total. The summed E-state index contributed by atoms with van der Waals surface area (Å²) in [6, 6.07) is 24.8. The zero-order chi connectivity index (χ0) is 24.2. The predicted molar refractivity (Wildman–Crippen MR) is 135 cm³/mol. The maximum Gasteiger partial charge on any atom is 0.296 e. The van der Waals surface area contributed by atoms with Crippen molar-refractivity contribution in [1.29, 1.82) is 0 Å². The van der Waals surface area contributed by atoms with Gasteiger partial charge >= 0.3 is 0 Å². The molecule has 0 saturated carbocycles. The van der Waals surface area contributed by atoms with Crippen LogP contribution in [0.3, 0.4) is 0 Å². The molecule has 2 aromatic heterocycles. The number of methoxy groups -OCH3 is 1. The van der Waals surface area contributed by atoms with Gasteiger partial charge in [-0.25, -0.2) is 0 Å². The largest absolute Gasteiger partial charge is 0.493 e. The Morgan fingerprint density at radius 2 is 1.63 bits per heavy atom. The van der Waals surface area contributed by atoms with E-state index in [1.54, 1.807) is 19.3 Å². The molecule has 0 aliphatic carbocycles. The third kappa shape index (κ3) is 4.97. The van der Waals surface area contributed by atoms with Crippen LogP contribution in [0.4, 0.5) is 0 Å². The third-order valence-corrected chi connectivity index (χ3v) is 6.35. The molecule has 3 aromatic carbocycles. The van der Waals surface area contributed by atoms with Gasteiger partial charge in [-0.15, -0.1) is 0 Å². The molecule has 5 aromatic rings. The van der Waals surface area contributed by atoms with E-state index in [-0.39, 0.29) is 16.2 Å². The highest BCUT2D eigenvalue weighted by molar-refractivity contribution is 7.15. The topological polar surface area (TPSA) is 82.8 Å². The molecule has 0 radical (unpaired) electrons. The number of aromatic nitrogens is 3. The molecule has 0 saturated heterocycles. The van der Waals surface area contributed by atoms with Crippen LogP contribution in [-0.2, 0) is 13.0 Å². The van der Waals surface area contributed by atoms with Crippen molar-refractivity contribution in [3.8, 4) is 11.5 Å². The normalized spacial score (nSPS) is 11.6. The fourth-order valence-corrected chi connectivity index (χ4v) is 4.53. The van der Waals surface area contributed by atoms with Crippen LogP contribution in [0.5, 0.6) is 11.5 Å². The number of fused-ring (bicyclic) bond motifs is 1. The first-order valence-electron chi connectivity index (χ1n) is 10.9. The third-order valence-electron chi connectivity index (χ3n) is 5.39. The van der Waals surface area contributed by atoms with Crippen LogP contribution in [0.25, 0.3) is 11.0 Å². The van der Waals surface area contributed by atoms with Crippen LogP contribution >= 0.6 is 11.3 Å². The SMILES string of the molecule is COc1cc(/C=c2\sc3nc(=O)c(Cc4ccccc4)nn3c2=O)ccc1OCc1ccccc1. The molecule has 0 aliphatic rings. The number of benzene rings is 3. The maximum absolute atomic E-state index is 13.0. The summed E-state index contributed by atoms with van der Waals surface area (Å²) in [6.45, 7) is 0.415. The quantitative estimate of drug-likeness (QED) is 0.354. The monoisotopic (exact) mass is 483 g/mol. The lowest BCUT2D eigenvalue weighted by Crippen LogP contribution is -2.28. The summed E-state index contributed by atoms with van der Waals surface area (Å²) in [5, 5.41) is 4.31. The van der Waals surface area contributed by atoms with Gasteiger partial charge < -0.3 is 9.47 Å². The average molecular weight is 484 g/mol. The van der Waals surface area contributed by atoms with Crippen molar-refractivity contribution in [2.45, 2.75) is 13.0 Å². The van der Waals surface area contributed by atoms with Gasteiger partial charge in [-0.05, 0) is 34.9 Å². The number of hydrogen-bond donors (Lipinski definition) is 0. The van der Waals surface area contributed by atoms with Gasteiger partial charge in [-0.2, -0.15) is 14.6 Å². The summed E-state index contributed by atoms with van der Waals surface area (Å²) in [7, 11) is 1.57. The lowest BCUT2D eigenvalue weighted by atomic mass is 10.1. The molecule has 5 rings (SSSR count). The van der Waals surface area contributed by atoms with Gasteiger partial charge in [0.2, 0.25) is 4.96 Å². The molecule has 0 amide bonds. The van der Waals surface area contributed by atoms with Crippen molar-refractivity contribution in [3.05, 3.63) is 126 Å². The summed E-state index contributed by atoms with van der Waals surface area (Å²) in [5.74, 6) is 1.16. The predicted octanol–water partition coefficient (Wildman–Crippen LogP) is 3.24. The molecular formula is C27H21N3O4S. The minimum absolute atomic E-state index is 0.233. The van der Waals surface area contributed by atoms with Gasteiger partial charge in [0.15, 0.2) is 11.5 Å². The van der Waals surface area contributed by atoms with Gasteiger partial charge in [0.05, 0.1) is 11.6 Å². The van der Waals surface area contributed by atoms with Crippen molar-refractivity contribution in [3.63, 3.8) is 0 Å². The first kappa shape index (κ1) is 22.5. The summed E-state index contributed by atoms with van der Waals surface area (Å²) in [6.07, 6.45) is 2.04. The second-order valence-corrected chi connectivity index (χ2v) is 8.83. The van der Waals surface area contributed by atoms with Crippen LogP contribution < -0.4 is 25.1 Å². The van der Waals surface area contributed by atoms with Crippen LogP contribution in [0, 0.1) is 0 Å². The number of hydrogen-bond acceptors (Lipinski definition) is 7. The van der Waals surface area contributed by atoms with E-state index in [1.807, 2.05) is 72.8 Å². The smallest absolute Gasteiger partial charge is 0.296 e. The van der Waals surface area contributed by atoms with Crippen molar-refractivity contribution in [2.24, 2.45) is 0 Å². The zero-order valence-corrected chi connectivity index (χ0v) is 19.7. The highest BCUT2D eigenvalue weighted by Gasteiger charge is 2.12. The van der Waals surface area contributed by atoms with Crippen molar-refractivity contribution in [2.75, 3.05) is 7.11 Å².